The van der Waals surface area contributed by atoms with E-state index in [-0.39, 0.29) is 22.6 Å². The zero-order valence-electron chi connectivity index (χ0n) is 18.9. The van der Waals surface area contributed by atoms with Crippen LogP contribution in [0.4, 0.5) is 26.3 Å². The fourth-order valence-electron chi connectivity index (χ4n) is 3.58. The van der Waals surface area contributed by atoms with Crippen molar-refractivity contribution in [2.45, 2.75) is 24.2 Å². The molecule has 0 aromatic carbocycles. The molecule has 0 fully saturated rings. The predicted octanol–water partition coefficient (Wildman–Crippen LogP) is 3.42. The lowest BCUT2D eigenvalue weighted by Crippen LogP contribution is -2.23. The molecule has 0 aliphatic carbocycles. The second-order valence-electron chi connectivity index (χ2n) is 7.93. The van der Waals surface area contributed by atoms with Crippen molar-refractivity contribution in [1.82, 2.24) is 33.8 Å². The van der Waals surface area contributed by atoms with E-state index in [1.165, 1.54) is 19.2 Å². The molecule has 0 N–H and O–H groups in total. The third-order valence-electron chi connectivity index (χ3n) is 5.50. The first-order chi connectivity index (χ1) is 17.7. The normalized spacial score (nSPS) is 13.0. The molecule has 0 saturated carbocycles. The molecule has 0 unspecified atom stereocenters. The van der Waals surface area contributed by atoms with Gasteiger partial charge in [0.25, 0.3) is 0 Å². The van der Waals surface area contributed by atoms with E-state index in [1.54, 1.807) is 0 Å². The third kappa shape index (κ3) is 4.27. The zero-order valence-corrected chi connectivity index (χ0v) is 19.7. The molecule has 17 heteroatoms. The fraction of sp³-hybridized carbons (Fsp3) is 0.190. The number of halogens is 6. The minimum absolute atomic E-state index is 0.0508. The fourth-order valence-corrected chi connectivity index (χ4v) is 4.62. The van der Waals surface area contributed by atoms with Gasteiger partial charge in [-0.05, 0) is 24.3 Å². The van der Waals surface area contributed by atoms with Crippen molar-refractivity contribution >= 4 is 21.1 Å². The molecule has 5 aromatic heterocycles. The summed E-state index contributed by atoms with van der Waals surface area (Å²) in [5, 5.41) is 7.32. The number of fused-ring (bicyclic) bond motifs is 2. The van der Waals surface area contributed by atoms with Crippen LogP contribution in [0.3, 0.4) is 0 Å². The van der Waals surface area contributed by atoms with Gasteiger partial charge in [-0.2, -0.15) is 36.1 Å². The second kappa shape index (κ2) is 8.37. The summed E-state index contributed by atoms with van der Waals surface area (Å²) in [5.41, 5.74) is -3.63. The van der Waals surface area contributed by atoms with Crippen LogP contribution in [-0.4, -0.2) is 47.9 Å². The molecule has 0 amide bonds. The molecule has 0 aliphatic heterocycles. The lowest BCUT2D eigenvalue weighted by molar-refractivity contribution is -0.141. The molecular weight excluding hydrogens is 544 g/mol. The molecule has 5 heterocycles. The molecule has 0 saturated heterocycles. The molecule has 5 rings (SSSR count). The Bertz CT molecular complexity index is 1890. The van der Waals surface area contributed by atoms with Crippen LogP contribution in [0.5, 0.6) is 0 Å². The SMILES string of the molecule is CCS(=O)(=O)c1cc(-c2ccn3nc(C(F)(F)F)cc3n2)cnc1-n1nc2ccc(C(F)(F)F)cn2c1=O. The molecule has 0 bridgehead atoms. The molecule has 198 valence electrons. The van der Waals surface area contributed by atoms with E-state index in [4.69, 9.17) is 0 Å². The van der Waals surface area contributed by atoms with Crippen molar-refractivity contribution in [2.24, 2.45) is 0 Å². The van der Waals surface area contributed by atoms with Crippen LogP contribution in [0.25, 0.3) is 28.4 Å². The van der Waals surface area contributed by atoms with Crippen LogP contribution in [-0.2, 0) is 22.2 Å². The lowest BCUT2D eigenvalue weighted by Gasteiger charge is -2.10. The number of hydrogen-bond acceptors (Lipinski definition) is 7. The highest BCUT2D eigenvalue weighted by molar-refractivity contribution is 7.91. The van der Waals surface area contributed by atoms with Crippen molar-refractivity contribution in [3.05, 3.63) is 70.7 Å². The van der Waals surface area contributed by atoms with Gasteiger partial charge >= 0.3 is 18.0 Å². The van der Waals surface area contributed by atoms with E-state index >= 15 is 0 Å². The van der Waals surface area contributed by atoms with Crippen LogP contribution in [0.2, 0.25) is 0 Å². The Hall–Kier alpha value is -4.28. The van der Waals surface area contributed by atoms with E-state index in [2.05, 4.69) is 20.2 Å². The van der Waals surface area contributed by atoms with Gasteiger partial charge in [-0.25, -0.2) is 32.1 Å². The van der Waals surface area contributed by atoms with Gasteiger partial charge in [-0.1, -0.05) is 6.92 Å². The maximum atomic E-state index is 13.1. The molecule has 5 aromatic rings. The van der Waals surface area contributed by atoms with Crippen molar-refractivity contribution in [3.8, 4) is 17.1 Å². The lowest BCUT2D eigenvalue weighted by atomic mass is 10.2. The van der Waals surface area contributed by atoms with Crippen LogP contribution in [0.1, 0.15) is 18.2 Å². The minimum Gasteiger partial charge on any atom is -0.249 e. The molecule has 0 aliphatic rings. The zero-order chi connectivity index (χ0) is 27.6. The first-order valence-electron chi connectivity index (χ1n) is 10.5. The van der Waals surface area contributed by atoms with Gasteiger partial charge in [0.1, 0.15) is 4.90 Å². The summed E-state index contributed by atoms with van der Waals surface area (Å²) in [7, 11) is -4.10. The van der Waals surface area contributed by atoms with Crippen LogP contribution >= 0.6 is 0 Å². The van der Waals surface area contributed by atoms with E-state index in [1.807, 2.05) is 0 Å². The highest BCUT2D eigenvalue weighted by Crippen LogP contribution is 2.31. The summed E-state index contributed by atoms with van der Waals surface area (Å²) in [6, 6.07) is 4.77. The standard InChI is InChI=1S/C21H13F6N7O3S/c1-2-38(36,37)14-7-11(13-5-6-33-17(29-13)8-15(30-33)21(25,26)27)9-28-18(14)34-19(35)32-10-12(20(22,23)24)3-4-16(32)31-34/h3-10H,2H2,1H3. The Balaban J connectivity index is 1.68. The van der Waals surface area contributed by atoms with E-state index < -0.39 is 55.6 Å². The van der Waals surface area contributed by atoms with Crippen molar-refractivity contribution in [2.75, 3.05) is 5.75 Å². The van der Waals surface area contributed by atoms with Crippen LogP contribution in [0, 0.1) is 0 Å². The maximum absolute atomic E-state index is 13.1. The molecule has 0 radical (unpaired) electrons. The first kappa shape index (κ1) is 25.4. The second-order valence-corrected chi connectivity index (χ2v) is 10.2. The number of hydrogen-bond donors (Lipinski definition) is 0. The molecule has 10 nitrogen and oxygen atoms in total. The number of pyridine rings is 2. The largest absolute Gasteiger partial charge is 0.435 e. The van der Waals surface area contributed by atoms with Gasteiger partial charge < -0.3 is 0 Å². The Labute approximate surface area is 207 Å². The Morgan fingerprint density at radius 2 is 1.68 bits per heavy atom. The van der Waals surface area contributed by atoms with Gasteiger partial charge in [-0.3, -0.25) is 0 Å². The monoisotopic (exact) mass is 557 g/mol. The van der Waals surface area contributed by atoms with Gasteiger partial charge in [0.05, 0.1) is 17.0 Å². The van der Waals surface area contributed by atoms with E-state index in [0.29, 0.717) is 21.3 Å². The van der Waals surface area contributed by atoms with Gasteiger partial charge in [-0.15, -0.1) is 5.10 Å². The minimum atomic E-state index is -4.74. The average Bonchev–Trinajstić information content (AvgIpc) is 3.44. The Morgan fingerprint density at radius 1 is 0.947 bits per heavy atom. The quantitative estimate of drug-likeness (QED) is 0.311. The summed E-state index contributed by atoms with van der Waals surface area (Å²) in [6.45, 7) is 1.32. The van der Waals surface area contributed by atoms with Gasteiger partial charge in [0.2, 0.25) is 0 Å². The first-order valence-corrected chi connectivity index (χ1v) is 12.2. The number of rotatable bonds is 4. The molecule has 38 heavy (non-hydrogen) atoms. The van der Waals surface area contributed by atoms with Crippen LogP contribution in [0.15, 0.2) is 58.6 Å². The molecule has 0 atom stereocenters. The number of alkyl halides is 6. The highest BCUT2D eigenvalue weighted by Gasteiger charge is 2.34. The number of nitrogens with zero attached hydrogens (tertiary/aromatic N) is 7. The molecular formula is C21H13F6N7O3S. The topological polar surface area (TPSA) is 117 Å². The highest BCUT2D eigenvalue weighted by atomic mass is 32.2. The van der Waals surface area contributed by atoms with E-state index in [0.717, 1.165) is 28.9 Å². The maximum Gasteiger partial charge on any atom is 0.435 e. The summed E-state index contributed by atoms with van der Waals surface area (Å²) >= 11 is 0. The smallest absolute Gasteiger partial charge is 0.249 e. The number of aromatic nitrogens is 7. The average molecular weight is 557 g/mol. The summed E-state index contributed by atoms with van der Waals surface area (Å²) in [5.74, 6) is -0.905. The summed E-state index contributed by atoms with van der Waals surface area (Å²) in [6.07, 6.45) is -6.61. The van der Waals surface area contributed by atoms with E-state index in [9.17, 15) is 39.6 Å². The number of sulfone groups is 1. The van der Waals surface area contributed by atoms with Gasteiger partial charge in [0, 0.05) is 30.2 Å². The van der Waals surface area contributed by atoms with Crippen LogP contribution < -0.4 is 5.69 Å². The van der Waals surface area contributed by atoms with Crippen molar-refractivity contribution in [3.63, 3.8) is 0 Å². The molecule has 0 spiro atoms. The summed E-state index contributed by atoms with van der Waals surface area (Å²) in [4.78, 5) is 20.5. The Morgan fingerprint density at radius 3 is 2.34 bits per heavy atom. The van der Waals surface area contributed by atoms with Crippen molar-refractivity contribution < 1.29 is 34.8 Å². The predicted molar refractivity (Wildman–Crippen MR) is 118 cm³/mol. The summed E-state index contributed by atoms with van der Waals surface area (Å²) < 4.78 is 106. The van der Waals surface area contributed by atoms with Crippen molar-refractivity contribution in [1.29, 1.82) is 0 Å². The third-order valence-corrected chi connectivity index (χ3v) is 7.23. The Kier molecular flexibility index (Phi) is 5.59. The van der Waals surface area contributed by atoms with Gasteiger partial charge in [0.15, 0.2) is 32.6 Å².